The highest BCUT2D eigenvalue weighted by Gasteiger charge is 2.25. The zero-order valence-electron chi connectivity index (χ0n) is 8.12. The molecule has 0 aromatic carbocycles. The third-order valence-corrected chi connectivity index (χ3v) is 2.47. The first-order valence-corrected chi connectivity index (χ1v) is 4.84. The standard InChI is InChI=1S/C10H14N2O2/c1-7(9-3-2-6-14-9)12-10(13)8-4-5-11-8/h2-3,6-8,11H,4-5H2,1H3,(H,12,13)/t7-,8?/m0/s1. The molecule has 2 rings (SSSR count). The Bertz CT molecular complexity index is 304. The van der Waals surface area contributed by atoms with E-state index < -0.39 is 0 Å². The monoisotopic (exact) mass is 194 g/mol. The lowest BCUT2D eigenvalue weighted by molar-refractivity contribution is -0.125. The van der Waals surface area contributed by atoms with Crippen molar-refractivity contribution in [1.29, 1.82) is 0 Å². The van der Waals surface area contributed by atoms with Crippen molar-refractivity contribution in [2.24, 2.45) is 0 Å². The lowest BCUT2D eigenvalue weighted by Crippen LogP contribution is -2.53. The Kier molecular flexibility index (Phi) is 2.54. The number of carbonyl (C=O) groups excluding carboxylic acids is 1. The Morgan fingerprint density at radius 2 is 2.57 bits per heavy atom. The van der Waals surface area contributed by atoms with E-state index in [0.29, 0.717) is 0 Å². The van der Waals surface area contributed by atoms with Gasteiger partial charge in [0.15, 0.2) is 0 Å². The van der Waals surface area contributed by atoms with E-state index in [1.165, 1.54) is 0 Å². The largest absolute Gasteiger partial charge is 0.467 e. The van der Waals surface area contributed by atoms with Crippen LogP contribution >= 0.6 is 0 Å². The molecule has 0 radical (unpaired) electrons. The summed E-state index contributed by atoms with van der Waals surface area (Å²) < 4.78 is 5.19. The van der Waals surface area contributed by atoms with Crippen molar-refractivity contribution in [2.75, 3.05) is 6.54 Å². The Hall–Kier alpha value is -1.29. The van der Waals surface area contributed by atoms with Gasteiger partial charge in [0, 0.05) is 0 Å². The van der Waals surface area contributed by atoms with E-state index in [9.17, 15) is 4.79 Å². The summed E-state index contributed by atoms with van der Waals surface area (Å²) >= 11 is 0. The molecular weight excluding hydrogens is 180 g/mol. The molecule has 1 aromatic heterocycles. The number of rotatable bonds is 3. The number of amides is 1. The van der Waals surface area contributed by atoms with Gasteiger partial charge in [-0.25, -0.2) is 0 Å². The van der Waals surface area contributed by atoms with Gasteiger partial charge in [-0.2, -0.15) is 0 Å². The van der Waals surface area contributed by atoms with E-state index in [-0.39, 0.29) is 18.0 Å². The van der Waals surface area contributed by atoms with Crippen LogP contribution in [-0.2, 0) is 4.79 Å². The SMILES string of the molecule is C[C@H](NC(=O)C1CCN1)c1ccco1. The summed E-state index contributed by atoms with van der Waals surface area (Å²) in [7, 11) is 0. The molecule has 4 heteroatoms. The number of furan rings is 1. The maximum atomic E-state index is 11.5. The normalized spacial score (nSPS) is 22.5. The zero-order chi connectivity index (χ0) is 9.97. The zero-order valence-corrected chi connectivity index (χ0v) is 8.12. The minimum atomic E-state index is -0.0556. The Morgan fingerprint density at radius 1 is 1.79 bits per heavy atom. The molecule has 2 atom stereocenters. The summed E-state index contributed by atoms with van der Waals surface area (Å²) in [6.45, 7) is 2.85. The molecule has 0 saturated carbocycles. The molecule has 0 bridgehead atoms. The maximum absolute atomic E-state index is 11.5. The van der Waals surface area contributed by atoms with Gasteiger partial charge in [0.1, 0.15) is 5.76 Å². The maximum Gasteiger partial charge on any atom is 0.237 e. The molecule has 1 aliphatic rings. The number of nitrogens with one attached hydrogen (secondary N) is 2. The van der Waals surface area contributed by atoms with E-state index in [4.69, 9.17) is 4.42 Å². The average Bonchev–Trinajstić information content (AvgIpc) is 2.51. The van der Waals surface area contributed by atoms with E-state index in [1.807, 2.05) is 19.1 Å². The van der Waals surface area contributed by atoms with Crippen LogP contribution in [0.15, 0.2) is 22.8 Å². The molecule has 2 heterocycles. The van der Waals surface area contributed by atoms with Gasteiger partial charge in [0.05, 0.1) is 18.3 Å². The first kappa shape index (κ1) is 9.27. The van der Waals surface area contributed by atoms with E-state index >= 15 is 0 Å². The van der Waals surface area contributed by atoms with Crippen molar-refractivity contribution in [3.63, 3.8) is 0 Å². The van der Waals surface area contributed by atoms with Crippen molar-refractivity contribution < 1.29 is 9.21 Å². The highest BCUT2D eigenvalue weighted by Crippen LogP contribution is 2.13. The van der Waals surface area contributed by atoms with Gasteiger partial charge in [-0.3, -0.25) is 4.79 Å². The molecule has 1 aliphatic heterocycles. The smallest absolute Gasteiger partial charge is 0.237 e. The molecule has 1 aromatic rings. The minimum Gasteiger partial charge on any atom is -0.467 e. The Labute approximate surface area is 82.7 Å². The third kappa shape index (κ3) is 1.80. The van der Waals surface area contributed by atoms with Gasteiger partial charge in [-0.1, -0.05) is 0 Å². The fourth-order valence-corrected chi connectivity index (χ4v) is 1.44. The molecule has 1 fully saturated rings. The predicted octanol–water partition coefficient (Wildman–Crippen LogP) is 0.819. The Morgan fingerprint density at radius 3 is 3.07 bits per heavy atom. The molecular formula is C10H14N2O2. The number of carbonyl (C=O) groups is 1. The molecule has 0 spiro atoms. The topological polar surface area (TPSA) is 54.3 Å². The summed E-state index contributed by atoms with van der Waals surface area (Å²) in [4.78, 5) is 11.5. The summed E-state index contributed by atoms with van der Waals surface area (Å²) in [5.41, 5.74) is 0. The average molecular weight is 194 g/mol. The van der Waals surface area contributed by atoms with Crippen LogP contribution in [-0.4, -0.2) is 18.5 Å². The van der Waals surface area contributed by atoms with Crippen molar-refractivity contribution >= 4 is 5.91 Å². The first-order valence-electron chi connectivity index (χ1n) is 4.84. The lowest BCUT2D eigenvalue weighted by Gasteiger charge is -2.27. The molecule has 1 unspecified atom stereocenters. The summed E-state index contributed by atoms with van der Waals surface area (Å²) in [5, 5.41) is 5.94. The van der Waals surface area contributed by atoms with Crippen molar-refractivity contribution in [3.8, 4) is 0 Å². The van der Waals surface area contributed by atoms with Gasteiger partial charge in [-0.15, -0.1) is 0 Å². The van der Waals surface area contributed by atoms with Crippen molar-refractivity contribution in [2.45, 2.75) is 25.4 Å². The lowest BCUT2D eigenvalue weighted by atomic mass is 10.1. The minimum absolute atomic E-state index is 0.00703. The van der Waals surface area contributed by atoms with E-state index in [0.717, 1.165) is 18.7 Å². The fraction of sp³-hybridized carbons (Fsp3) is 0.500. The molecule has 14 heavy (non-hydrogen) atoms. The number of hydrogen-bond donors (Lipinski definition) is 2. The highest BCUT2D eigenvalue weighted by atomic mass is 16.3. The summed E-state index contributed by atoms with van der Waals surface area (Å²) in [6, 6.07) is 3.62. The molecule has 76 valence electrons. The molecule has 1 saturated heterocycles. The van der Waals surface area contributed by atoms with Crippen LogP contribution in [0.1, 0.15) is 25.1 Å². The molecule has 1 amide bonds. The predicted molar refractivity (Wildman–Crippen MR) is 51.7 cm³/mol. The Balaban J connectivity index is 1.87. The van der Waals surface area contributed by atoms with Gasteiger partial charge < -0.3 is 15.1 Å². The van der Waals surface area contributed by atoms with Crippen LogP contribution < -0.4 is 10.6 Å². The first-order chi connectivity index (χ1) is 6.77. The summed E-state index contributed by atoms with van der Waals surface area (Å²) in [5.74, 6) is 0.845. The van der Waals surface area contributed by atoms with Crippen LogP contribution in [0.3, 0.4) is 0 Å². The van der Waals surface area contributed by atoms with Gasteiger partial charge in [0.2, 0.25) is 5.91 Å². The van der Waals surface area contributed by atoms with Crippen LogP contribution in [0.25, 0.3) is 0 Å². The van der Waals surface area contributed by atoms with Gasteiger partial charge >= 0.3 is 0 Å². The van der Waals surface area contributed by atoms with Crippen molar-refractivity contribution in [3.05, 3.63) is 24.2 Å². The second-order valence-electron chi connectivity index (χ2n) is 3.54. The summed E-state index contributed by atoms with van der Waals surface area (Å²) in [6.07, 6.45) is 2.54. The second kappa shape index (κ2) is 3.84. The van der Waals surface area contributed by atoms with Crippen molar-refractivity contribution in [1.82, 2.24) is 10.6 Å². The molecule has 0 aliphatic carbocycles. The van der Waals surface area contributed by atoms with E-state index in [2.05, 4.69) is 10.6 Å². The number of hydrogen-bond acceptors (Lipinski definition) is 3. The fourth-order valence-electron chi connectivity index (χ4n) is 1.44. The van der Waals surface area contributed by atoms with Crippen LogP contribution in [0.4, 0.5) is 0 Å². The van der Waals surface area contributed by atoms with Crippen LogP contribution in [0.2, 0.25) is 0 Å². The van der Waals surface area contributed by atoms with Crippen LogP contribution in [0, 0.1) is 0 Å². The quantitative estimate of drug-likeness (QED) is 0.749. The second-order valence-corrected chi connectivity index (χ2v) is 3.54. The van der Waals surface area contributed by atoms with Gasteiger partial charge in [-0.05, 0) is 32.0 Å². The highest BCUT2D eigenvalue weighted by molar-refractivity contribution is 5.82. The van der Waals surface area contributed by atoms with E-state index in [1.54, 1.807) is 6.26 Å². The molecule has 2 N–H and O–H groups in total. The third-order valence-electron chi connectivity index (χ3n) is 2.47. The molecule has 4 nitrogen and oxygen atoms in total. The van der Waals surface area contributed by atoms with Crippen LogP contribution in [0.5, 0.6) is 0 Å². The van der Waals surface area contributed by atoms with Gasteiger partial charge in [0.25, 0.3) is 0 Å².